The average Bonchev–Trinajstić information content (AvgIpc) is 2.29. The fourth-order valence-electron chi connectivity index (χ4n) is 0.965. The quantitative estimate of drug-likeness (QED) is 0.301. The van der Waals surface area contributed by atoms with Crippen LogP contribution in [0, 0.1) is 11.5 Å². The van der Waals surface area contributed by atoms with E-state index in [-0.39, 0.29) is 11.9 Å². The van der Waals surface area contributed by atoms with Crippen LogP contribution in [0.1, 0.15) is 10.4 Å². The Morgan fingerprint density at radius 3 is 2.60 bits per heavy atom. The smallest absolute Gasteiger partial charge is 0.257 e. The van der Waals surface area contributed by atoms with E-state index in [2.05, 4.69) is 15.6 Å². The second-order valence-corrected chi connectivity index (χ2v) is 2.63. The van der Waals surface area contributed by atoms with Crippen molar-refractivity contribution in [2.75, 3.05) is 7.05 Å². The Hall–Kier alpha value is -2.35. The van der Waals surface area contributed by atoms with Gasteiger partial charge >= 0.3 is 0 Å². The molecule has 0 saturated carbocycles. The van der Waals surface area contributed by atoms with Gasteiger partial charge in [0.05, 0.1) is 0 Å². The number of rotatable bonds is 1. The van der Waals surface area contributed by atoms with Crippen LogP contribution in [-0.2, 0) is 0 Å². The zero-order chi connectivity index (χ0) is 11.1. The van der Waals surface area contributed by atoms with Crippen LogP contribution >= 0.6 is 0 Å². The minimum atomic E-state index is -0.307. The number of hydrogen-bond acceptors (Lipinski definition) is 3. The number of nitrogens with zero attached hydrogens (tertiary/aromatic N) is 2. The van der Waals surface area contributed by atoms with Crippen LogP contribution in [0.2, 0.25) is 0 Å². The van der Waals surface area contributed by atoms with Gasteiger partial charge in [-0.25, -0.2) is 0 Å². The summed E-state index contributed by atoms with van der Waals surface area (Å²) in [5.41, 5.74) is 0.512. The minimum absolute atomic E-state index is 0.131. The Morgan fingerprint density at radius 2 is 2.07 bits per heavy atom. The molecule has 76 valence electrons. The van der Waals surface area contributed by atoms with Crippen molar-refractivity contribution in [3.8, 4) is 6.19 Å². The topological polar surface area (TPSA) is 77.3 Å². The summed E-state index contributed by atoms with van der Waals surface area (Å²) in [6, 6.07) is 8.69. The van der Waals surface area contributed by atoms with Gasteiger partial charge in [-0.15, -0.1) is 0 Å². The van der Waals surface area contributed by atoms with Crippen molar-refractivity contribution >= 4 is 11.9 Å². The highest BCUT2D eigenvalue weighted by atomic mass is 16.1. The molecule has 5 nitrogen and oxygen atoms in total. The molecule has 1 aromatic rings. The molecule has 0 atom stereocenters. The number of guanidine groups is 1. The summed E-state index contributed by atoms with van der Waals surface area (Å²) in [5, 5.41) is 13.1. The fraction of sp³-hybridized carbons (Fsp3) is 0.100. The number of benzene rings is 1. The third kappa shape index (κ3) is 3.12. The predicted molar refractivity (Wildman–Crippen MR) is 56.0 cm³/mol. The van der Waals surface area contributed by atoms with E-state index in [9.17, 15) is 4.79 Å². The van der Waals surface area contributed by atoms with Crippen molar-refractivity contribution in [2.24, 2.45) is 4.99 Å². The zero-order valence-corrected chi connectivity index (χ0v) is 8.19. The first-order chi connectivity index (χ1) is 7.27. The first-order valence-electron chi connectivity index (χ1n) is 4.26. The summed E-state index contributed by atoms with van der Waals surface area (Å²) in [4.78, 5) is 15.2. The molecule has 0 aliphatic heterocycles. The Morgan fingerprint density at radius 1 is 1.40 bits per heavy atom. The lowest BCUT2D eigenvalue weighted by Gasteiger charge is -2.04. The molecule has 0 bridgehead atoms. The Balaban J connectivity index is 2.68. The van der Waals surface area contributed by atoms with Crippen LogP contribution in [0.15, 0.2) is 35.3 Å². The number of amides is 1. The third-order valence-electron chi connectivity index (χ3n) is 1.67. The van der Waals surface area contributed by atoms with E-state index in [1.165, 1.54) is 7.05 Å². The monoisotopic (exact) mass is 202 g/mol. The molecule has 1 rings (SSSR count). The predicted octanol–water partition coefficient (Wildman–Crippen LogP) is 0.473. The van der Waals surface area contributed by atoms with Crippen molar-refractivity contribution < 1.29 is 4.79 Å². The second-order valence-electron chi connectivity index (χ2n) is 2.63. The summed E-state index contributed by atoms with van der Waals surface area (Å²) in [6.45, 7) is 0. The van der Waals surface area contributed by atoms with Crippen molar-refractivity contribution in [3.05, 3.63) is 35.9 Å². The Kier molecular flexibility index (Phi) is 3.86. The second kappa shape index (κ2) is 5.40. The van der Waals surface area contributed by atoms with Crippen LogP contribution in [0.25, 0.3) is 0 Å². The van der Waals surface area contributed by atoms with Crippen LogP contribution in [-0.4, -0.2) is 18.9 Å². The van der Waals surface area contributed by atoms with Crippen molar-refractivity contribution in [3.63, 3.8) is 0 Å². The molecule has 0 fully saturated rings. The number of nitrogens with one attached hydrogen (secondary N) is 2. The summed E-state index contributed by atoms with van der Waals surface area (Å²) < 4.78 is 0. The maximum absolute atomic E-state index is 11.5. The first kappa shape index (κ1) is 10.7. The minimum Gasteiger partial charge on any atom is -0.292 e. The van der Waals surface area contributed by atoms with Gasteiger partial charge in [0.1, 0.15) is 0 Å². The van der Waals surface area contributed by atoms with Gasteiger partial charge in [-0.2, -0.15) is 5.26 Å². The molecule has 2 N–H and O–H groups in total. The lowest BCUT2D eigenvalue weighted by molar-refractivity contribution is 0.0976. The molecule has 0 spiro atoms. The molecule has 0 aliphatic carbocycles. The van der Waals surface area contributed by atoms with Gasteiger partial charge in [0.2, 0.25) is 5.96 Å². The highest BCUT2D eigenvalue weighted by Crippen LogP contribution is 1.97. The van der Waals surface area contributed by atoms with E-state index in [4.69, 9.17) is 5.26 Å². The Bertz CT molecular complexity index is 405. The maximum Gasteiger partial charge on any atom is 0.257 e. The lowest BCUT2D eigenvalue weighted by atomic mass is 10.2. The molecule has 0 aromatic heterocycles. The van der Waals surface area contributed by atoms with E-state index in [0.717, 1.165) is 0 Å². The highest BCUT2D eigenvalue weighted by Gasteiger charge is 2.06. The zero-order valence-electron chi connectivity index (χ0n) is 8.19. The highest BCUT2D eigenvalue weighted by molar-refractivity contribution is 6.05. The molecule has 0 aliphatic rings. The van der Waals surface area contributed by atoms with Crippen molar-refractivity contribution in [2.45, 2.75) is 0 Å². The molecule has 0 heterocycles. The van der Waals surface area contributed by atoms with Gasteiger partial charge in [-0.3, -0.25) is 20.4 Å². The normalized spacial score (nSPS) is 10.3. The van der Waals surface area contributed by atoms with Gasteiger partial charge in [0.25, 0.3) is 5.91 Å². The third-order valence-corrected chi connectivity index (χ3v) is 1.67. The fourth-order valence-corrected chi connectivity index (χ4v) is 0.965. The van der Waals surface area contributed by atoms with E-state index in [0.29, 0.717) is 5.56 Å². The largest absolute Gasteiger partial charge is 0.292 e. The van der Waals surface area contributed by atoms with E-state index in [1.54, 1.807) is 30.5 Å². The van der Waals surface area contributed by atoms with Gasteiger partial charge in [-0.05, 0) is 12.1 Å². The summed E-state index contributed by atoms with van der Waals surface area (Å²) in [5.74, 6) is -0.176. The summed E-state index contributed by atoms with van der Waals surface area (Å²) >= 11 is 0. The van der Waals surface area contributed by atoms with Crippen LogP contribution in [0.3, 0.4) is 0 Å². The van der Waals surface area contributed by atoms with Crippen LogP contribution in [0.4, 0.5) is 0 Å². The summed E-state index contributed by atoms with van der Waals surface area (Å²) in [7, 11) is 1.48. The Labute approximate surface area is 87.4 Å². The summed E-state index contributed by atoms with van der Waals surface area (Å²) in [6.07, 6.45) is 1.68. The molecule has 5 heteroatoms. The van der Waals surface area contributed by atoms with E-state index >= 15 is 0 Å². The number of carbonyl (C=O) groups excluding carboxylic acids is 1. The number of hydrogen-bond donors (Lipinski definition) is 2. The molecule has 0 radical (unpaired) electrons. The lowest BCUT2D eigenvalue weighted by Crippen LogP contribution is -2.38. The molecular weight excluding hydrogens is 192 g/mol. The van der Waals surface area contributed by atoms with Crippen LogP contribution < -0.4 is 10.6 Å². The van der Waals surface area contributed by atoms with Crippen LogP contribution in [0.5, 0.6) is 0 Å². The van der Waals surface area contributed by atoms with Crippen molar-refractivity contribution in [1.82, 2.24) is 10.6 Å². The molecule has 15 heavy (non-hydrogen) atoms. The van der Waals surface area contributed by atoms with E-state index < -0.39 is 0 Å². The number of carbonyl (C=O) groups is 1. The average molecular weight is 202 g/mol. The number of aliphatic imine (C=N–C) groups is 1. The molecule has 0 unspecified atom stereocenters. The van der Waals surface area contributed by atoms with Crippen molar-refractivity contribution in [1.29, 1.82) is 5.26 Å². The molecule has 0 saturated heterocycles. The standard InChI is InChI=1S/C10H10N4O/c1-12-10(13-7-11)14-9(15)8-5-3-2-4-6-8/h2-6H,1H3,(H2,12,13,14,15). The molecule has 1 aromatic carbocycles. The maximum atomic E-state index is 11.5. The van der Waals surface area contributed by atoms with E-state index in [1.807, 2.05) is 6.07 Å². The molecular formula is C10H10N4O. The van der Waals surface area contributed by atoms with Gasteiger partial charge in [0, 0.05) is 12.6 Å². The molecule has 1 amide bonds. The number of nitriles is 1. The SMILES string of the molecule is CN=C(NC#N)NC(=O)c1ccccc1. The van der Waals surface area contributed by atoms with Gasteiger partial charge in [-0.1, -0.05) is 18.2 Å². The van der Waals surface area contributed by atoms with Gasteiger partial charge in [0.15, 0.2) is 6.19 Å². The first-order valence-corrected chi connectivity index (χ1v) is 4.26. The van der Waals surface area contributed by atoms with Gasteiger partial charge < -0.3 is 0 Å².